The largest absolute Gasteiger partial charge is 0.507 e. The van der Waals surface area contributed by atoms with Crippen LogP contribution in [0.4, 0.5) is 5.69 Å². The van der Waals surface area contributed by atoms with E-state index in [1.807, 2.05) is 36.4 Å². The first-order valence-electron chi connectivity index (χ1n) is 8.73. The zero-order chi connectivity index (χ0) is 19.7. The SMILES string of the molecule is Cc1cc(NC(=O)Cc2ccc(Cl)cc2)cc(-c2nc3ccccc3o2)c1O. The Kier molecular flexibility index (Phi) is 4.75. The number of amides is 1. The van der Waals surface area contributed by atoms with Gasteiger partial charge in [-0.2, -0.15) is 0 Å². The molecule has 0 fully saturated rings. The number of carbonyl (C=O) groups excluding carboxylic acids is 1. The molecule has 4 rings (SSSR count). The molecule has 0 bridgehead atoms. The maximum atomic E-state index is 12.4. The first-order valence-corrected chi connectivity index (χ1v) is 9.11. The summed E-state index contributed by atoms with van der Waals surface area (Å²) in [5.41, 5.74) is 3.79. The van der Waals surface area contributed by atoms with Crippen molar-refractivity contribution in [1.29, 1.82) is 0 Å². The van der Waals surface area contributed by atoms with Crippen LogP contribution in [0.2, 0.25) is 5.02 Å². The van der Waals surface area contributed by atoms with Gasteiger partial charge in [0, 0.05) is 10.7 Å². The number of phenols is 1. The first kappa shape index (κ1) is 18.1. The van der Waals surface area contributed by atoms with Crippen LogP contribution in [-0.4, -0.2) is 16.0 Å². The van der Waals surface area contributed by atoms with Crippen molar-refractivity contribution in [3.8, 4) is 17.2 Å². The highest BCUT2D eigenvalue weighted by Gasteiger charge is 2.16. The van der Waals surface area contributed by atoms with Crippen LogP contribution in [0.25, 0.3) is 22.6 Å². The van der Waals surface area contributed by atoms with Gasteiger partial charge in [-0.15, -0.1) is 0 Å². The van der Waals surface area contributed by atoms with E-state index >= 15 is 0 Å². The molecule has 28 heavy (non-hydrogen) atoms. The van der Waals surface area contributed by atoms with Gasteiger partial charge in [0.15, 0.2) is 5.58 Å². The quantitative estimate of drug-likeness (QED) is 0.459. The van der Waals surface area contributed by atoms with E-state index in [0.717, 1.165) is 5.56 Å². The van der Waals surface area contributed by atoms with Crippen LogP contribution in [0.1, 0.15) is 11.1 Å². The number of halogens is 1. The smallest absolute Gasteiger partial charge is 0.231 e. The van der Waals surface area contributed by atoms with Crippen molar-refractivity contribution in [2.24, 2.45) is 0 Å². The highest BCUT2D eigenvalue weighted by Crippen LogP contribution is 2.36. The molecule has 1 heterocycles. The Labute approximate surface area is 166 Å². The molecule has 0 aliphatic carbocycles. The third kappa shape index (κ3) is 3.70. The van der Waals surface area contributed by atoms with Gasteiger partial charge in [0.1, 0.15) is 11.3 Å². The van der Waals surface area contributed by atoms with Crippen LogP contribution in [-0.2, 0) is 11.2 Å². The van der Waals surface area contributed by atoms with Crippen molar-refractivity contribution >= 4 is 34.3 Å². The number of hydrogen-bond acceptors (Lipinski definition) is 4. The van der Waals surface area contributed by atoms with Crippen molar-refractivity contribution < 1.29 is 14.3 Å². The van der Waals surface area contributed by atoms with Gasteiger partial charge >= 0.3 is 0 Å². The predicted octanol–water partition coefficient (Wildman–Crippen LogP) is 5.34. The molecule has 0 unspecified atom stereocenters. The van der Waals surface area contributed by atoms with Gasteiger partial charge in [0.05, 0.1) is 12.0 Å². The Morgan fingerprint density at radius 2 is 1.89 bits per heavy atom. The molecular weight excluding hydrogens is 376 g/mol. The lowest BCUT2D eigenvalue weighted by Crippen LogP contribution is -2.14. The lowest BCUT2D eigenvalue weighted by molar-refractivity contribution is -0.115. The molecule has 4 aromatic rings. The predicted molar refractivity (Wildman–Crippen MR) is 110 cm³/mol. The number of anilines is 1. The van der Waals surface area contributed by atoms with Gasteiger partial charge in [-0.05, 0) is 54.4 Å². The summed E-state index contributed by atoms with van der Waals surface area (Å²) in [6.07, 6.45) is 0.218. The number of aryl methyl sites for hydroxylation is 1. The average molecular weight is 393 g/mol. The number of fused-ring (bicyclic) bond motifs is 1. The standard InChI is InChI=1S/C22H17ClN2O3/c1-13-10-16(24-20(26)11-14-6-8-15(23)9-7-14)12-17(21(13)27)22-25-18-4-2-3-5-19(18)28-22/h2-10,12,27H,11H2,1H3,(H,24,26). The summed E-state index contributed by atoms with van der Waals surface area (Å²) in [6.45, 7) is 1.76. The highest BCUT2D eigenvalue weighted by atomic mass is 35.5. The van der Waals surface area contributed by atoms with Crippen molar-refractivity contribution in [3.63, 3.8) is 0 Å². The monoisotopic (exact) mass is 392 g/mol. The van der Waals surface area contributed by atoms with E-state index in [1.54, 1.807) is 31.2 Å². The molecule has 1 aromatic heterocycles. The Balaban J connectivity index is 1.61. The Hall–Kier alpha value is -3.31. The van der Waals surface area contributed by atoms with Crippen LogP contribution in [0.3, 0.4) is 0 Å². The number of aromatic nitrogens is 1. The first-order chi connectivity index (χ1) is 13.5. The number of para-hydroxylation sites is 2. The number of phenolic OH excluding ortho intramolecular Hbond substituents is 1. The summed E-state index contributed by atoms with van der Waals surface area (Å²) >= 11 is 5.88. The van der Waals surface area contributed by atoms with Crippen LogP contribution in [0.5, 0.6) is 5.75 Å². The van der Waals surface area contributed by atoms with Gasteiger partial charge in [-0.3, -0.25) is 4.79 Å². The van der Waals surface area contributed by atoms with Crippen LogP contribution >= 0.6 is 11.6 Å². The average Bonchev–Trinajstić information content (AvgIpc) is 3.10. The number of nitrogens with zero attached hydrogens (tertiary/aromatic N) is 1. The maximum Gasteiger partial charge on any atom is 0.231 e. The Morgan fingerprint density at radius 3 is 2.64 bits per heavy atom. The Bertz CT molecular complexity index is 1130. The summed E-state index contributed by atoms with van der Waals surface area (Å²) in [6, 6.07) is 17.9. The zero-order valence-electron chi connectivity index (χ0n) is 15.1. The number of aromatic hydroxyl groups is 1. The minimum Gasteiger partial charge on any atom is -0.507 e. The van der Waals surface area contributed by atoms with E-state index in [4.69, 9.17) is 16.0 Å². The summed E-state index contributed by atoms with van der Waals surface area (Å²) in [5, 5.41) is 14.0. The molecule has 0 aliphatic rings. The molecule has 0 spiro atoms. The number of oxazole rings is 1. The molecule has 6 heteroatoms. The molecule has 1 amide bonds. The number of carbonyl (C=O) groups is 1. The molecule has 0 atom stereocenters. The minimum atomic E-state index is -0.170. The number of nitrogens with one attached hydrogen (secondary N) is 1. The number of rotatable bonds is 4. The van der Waals surface area contributed by atoms with E-state index in [-0.39, 0.29) is 18.1 Å². The second kappa shape index (κ2) is 7.37. The van der Waals surface area contributed by atoms with Crippen LogP contribution < -0.4 is 5.32 Å². The number of benzene rings is 3. The molecule has 0 aliphatic heterocycles. The topological polar surface area (TPSA) is 75.4 Å². The van der Waals surface area contributed by atoms with Gasteiger partial charge in [-0.25, -0.2) is 4.98 Å². The van der Waals surface area contributed by atoms with Crippen molar-refractivity contribution in [2.75, 3.05) is 5.32 Å². The Morgan fingerprint density at radius 1 is 1.14 bits per heavy atom. The minimum absolute atomic E-state index is 0.0715. The van der Waals surface area contributed by atoms with E-state index in [1.165, 1.54) is 0 Å². The lowest BCUT2D eigenvalue weighted by Gasteiger charge is -2.10. The molecule has 2 N–H and O–H groups in total. The fraction of sp³-hybridized carbons (Fsp3) is 0.0909. The second-order valence-electron chi connectivity index (χ2n) is 6.53. The van der Waals surface area contributed by atoms with Crippen molar-refractivity contribution in [2.45, 2.75) is 13.3 Å². The molecule has 0 saturated carbocycles. The van der Waals surface area contributed by atoms with E-state index in [2.05, 4.69) is 10.3 Å². The molecule has 0 radical (unpaired) electrons. The molecule has 0 saturated heterocycles. The molecule has 140 valence electrons. The van der Waals surface area contributed by atoms with Gasteiger partial charge in [0.25, 0.3) is 0 Å². The van der Waals surface area contributed by atoms with Gasteiger partial charge in [-0.1, -0.05) is 35.9 Å². The zero-order valence-corrected chi connectivity index (χ0v) is 15.8. The van der Waals surface area contributed by atoms with Crippen LogP contribution in [0, 0.1) is 6.92 Å². The third-order valence-corrected chi connectivity index (χ3v) is 4.64. The summed E-state index contributed by atoms with van der Waals surface area (Å²) in [4.78, 5) is 16.8. The van der Waals surface area contributed by atoms with Crippen molar-refractivity contribution in [1.82, 2.24) is 4.98 Å². The fourth-order valence-electron chi connectivity index (χ4n) is 3.00. The highest BCUT2D eigenvalue weighted by molar-refractivity contribution is 6.30. The van der Waals surface area contributed by atoms with E-state index in [9.17, 15) is 9.90 Å². The fourth-order valence-corrected chi connectivity index (χ4v) is 3.12. The molecule has 3 aromatic carbocycles. The number of hydrogen-bond donors (Lipinski definition) is 2. The summed E-state index contributed by atoms with van der Waals surface area (Å²) in [7, 11) is 0. The van der Waals surface area contributed by atoms with Crippen molar-refractivity contribution in [3.05, 3.63) is 76.8 Å². The van der Waals surface area contributed by atoms with E-state index in [0.29, 0.717) is 38.8 Å². The summed E-state index contributed by atoms with van der Waals surface area (Å²) < 4.78 is 5.76. The molecule has 5 nitrogen and oxygen atoms in total. The second-order valence-corrected chi connectivity index (χ2v) is 6.96. The van der Waals surface area contributed by atoms with Crippen LogP contribution in [0.15, 0.2) is 65.1 Å². The third-order valence-electron chi connectivity index (χ3n) is 4.39. The maximum absolute atomic E-state index is 12.4. The lowest BCUT2D eigenvalue weighted by atomic mass is 10.1. The normalized spacial score (nSPS) is 10.9. The van der Waals surface area contributed by atoms with Gasteiger partial charge < -0.3 is 14.8 Å². The summed E-state index contributed by atoms with van der Waals surface area (Å²) in [5.74, 6) is 0.203. The van der Waals surface area contributed by atoms with Gasteiger partial charge in [0.2, 0.25) is 11.8 Å². The molecular formula is C22H17ClN2O3. The van der Waals surface area contributed by atoms with E-state index < -0.39 is 0 Å².